The van der Waals surface area contributed by atoms with Crippen LogP contribution in [0.1, 0.15) is 55.5 Å². The molecule has 28 heavy (non-hydrogen) atoms. The highest BCUT2D eigenvalue weighted by Gasteiger charge is 2.41. The summed E-state index contributed by atoms with van der Waals surface area (Å²) in [6.45, 7) is 7.96. The van der Waals surface area contributed by atoms with Crippen molar-refractivity contribution < 1.29 is 14.3 Å². The standard InChI is InChI=1S/C21H34N4O3/c1-16-17(2)22-23-18(16)5-6-19(26)24-12-9-21(10-13-24)8-7-20(27)25(15-21)11-4-14-28-3/h4-15H2,1-3H3,(H,22,23). The first-order valence-corrected chi connectivity index (χ1v) is 10.5. The Morgan fingerprint density at radius 3 is 2.64 bits per heavy atom. The van der Waals surface area contributed by atoms with Gasteiger partial charge in [0.25, 0.3) is 0 Å². The zero-order valence-electron chi connectivity index (χ0n) is 17.6. The van der Waals surface area contributed by atoms with Crippen LogP contribution in [0.15, 0.2) is 0 Å². The number of rotatable bonds is 7. The van der Waals surface area contributed by atoms with Gasteiger partial charge in [0.05, 0.1) is 5.69 Å². The van der Waals surface area contributed by atoms with Crippen molar-refractivity contribution in [1.29, 1.82) is 0 Å². The minimum Gasteiger partial charge on any atom is -0.385 e. The molecule has 1 aromatic rings. The average Bonchev–Trinajstić information content (AvgIpc) is 3.02. The van der Waals surface area contributed by atoms with E-state index in [-0.39, 0.29) is 17.2 Å². The van der Waals surface area contributed by atoms with Crippen LogP contribution in [-0.2, 0) is 20.7 Å². The molecule has 0 aliphatic carbocycles. The van der Waals surface area contributed by atoms with Crippen molar-refractivity contribution >= 4 is 11.8 Å². The quantitative estimate of drug-likeness (QED) is 0.724. The van der Waals surface area contributed by atoms with Crippen molar-refractivity contribution in [2.45, 2.75) is 58.8 Å². The maximum absolute atomic E-state index is 12.7. The van der Waals surface area contributed by atoms with Crippen molar-refractivity contribution in [3.05, 3.63) is 17.0 Å². The van der Waals surface area contributed by atoms with E-state index in [4.69, 9.17) is 4.74 Å². The van der Waals surface area contributed by atoms with Gasteiger partial charge in [-0.1, -0.05) is 0 Å². The second-order valence-electron chi connectivity index (χ2n) is 8.46. The molecule has 1 N–H and O–H groups in total. The fourth-order valence-electron chi connectivity index (χ4n) is 4.51. The Morgan fingerprint density at radius 1 is 1.25 bits per heavy atom. The number of piperidine rings is 2. The number of nitrogens with zero attached hydrogens (tertiary/aromatic N) is 3. The van der Waals surface area contributed by atoms with Crippen LogP contribution in [0.25, 0.3) is 0 Å². The Kier molecular flexibility index (Phi) is 6.75. The van der Waals surface area contributed by atoms with Crippen molar-refractivity contribution in [3.8, 4) is 0 Å². The number of aromatic amines is 1. The maximum atomic E-state index is 12.7. The zero-order chi connectivity index (χ0) is 20.1. The summed E-state index contributed by atoms with van der Waals surface area (Å²) in [5.74, 6) is 0.489. The molecule has 0 unspecified atom stereocenters. The molecule has 3 heterocycles. The Hall–Kier alpha value is -1.89. The number of hydrogen-bond donors (Lipinski definition) is 1. The van der Waals surface area contributed by atoms with Gasteiger partial charge in [0.2, 0.25) is 11.8 Å². The van der Waals surface area contributed by atoms with E-state index in [0.29, 0.717) is 25.9 Å². The summed E-state index contributed by atoms with van der Waals surface area (Å²) in [5, 5.41) is 7.29. The number of carbonyl (C=O) groups is 2. The third kappa shape index (κ3) is 4.74. The number of aromatic nitrogens is 2. The van der Waals surface area contributed by atoms with Crippen LogP contribution in [0.4, 0.5) is 0 Å². The van der Waals surface area contributed by atoms with Crippen LogP contribution >= 0.6 is 0 Å². The topological polar surface area (TPSA) is 78.5 Å². The highest BCUT2D eigenvalue weighted by molar-refractivity contribution is 5.78. The summed E-state index contributed by atoms with van der Waals surface area (Å²) in [6, 6.07) is 0. The molecule has 2 amide bonds. The number of ether oxygens (including phenoxy) is 1. The van der Waals surface area contributed by atoms with Gasteiger partial charge in [-0.25, -0.2) is 0 Å². The number of H-pyrrole nitrogens is 1. The highest BCUT2D eigenvalue weighted by atomic mass is 16.5. The summed E-state index contributed by atoms with van der Waals surface area (Å²) in [6.07, 6.45) is 5.67. The minimum atomic E-state index is 0.188. The van der Waals surface area contributed by atoms with E-state index in [1.54, 1.807) is 7.11 Å². The van der Waals surface area contributed by atoms with Crippen LogP contribution in [0.2, 0.25) is 0 Å². The first-order valence-electron chi connectivity index (χ1n) is 10.5. The molecule has 7 nitrogen and oxygen atoms in total. The van der Waals surface area contributed by atoms with Gasteiger partial charge in [0.15, 0.2) is 0 Å². The summed E-state index contributed by atoms with van der Waals surface area (Å²) >= 11 is 0. The lowest BCUT2D eigenvalue weighted by atomic mass is 9.72. The van der Waals surface area contributed by atoms with E-state index in [2.05, 4.69) is 10.2 Å². The summed E-state index contributed by atoms with van der Waals surface area (Å²) in [7, 11) is 1.70. The van der Waals surface area contributed by atoms with Crippen molar-refractivity contribution in [2.24, 2.45) is 5.41 Å². The molecule has 0 radical (unpaired) electrons. The molecular weight excluding hydrogens is 356 g/mol. The van der Waals surface area contributed by atoms with Gasteiger partial charge < -0.3 is 14.5 Å². The van der Waals surface area contributed by atoms with Crippen molar-refractivity contribution in [3.63, 3.8) is 0 Å². The predicted molar refractivity (Wildman–Crippen MR) is 107 cm³/mol. The largest absolute Gasteiger partial charge is 0.385 e. The lowest BCUT2D eigenvalue weighted by molar-refractivity contribution is -0.142. The number of methoxy groups -OCH3 is 1. The summed E-state index contributed by atoms with van der Waals surface area (Å²) in [5.41, 5.74) is 3.42. The maximum Gasteiger partial charge on any atom is 0.222 e. The number of aryl methyl sites for hydroxylation is 2. The molecule has 2 fully saturated rings. The van der Waals surface area contributed by atoms with Gasteiger partial charge in [0.1, 0.15) is 0 Å². The third-order valence-electron chi connectivity index (χ3n) is 6.63. The summed E-state index contributed by atoms with van der Waals surface area (Å²) in [4.78, 5) is 28.9. The van der Waals surface area contributed by atoms with E-state index >= 15 is 0 Å². The molecule has 0 atom stereocenters. The monoisotopic (exact) mass is 390 g/mol. The fourth-order valence-corrected chi connectivity index (χ4v) is 4.51. The van der Waals surface area contributed by atoms with Gasteiger partial charge in [-0.05, 0) is 50.5 Å². The Labute approximate surface area is 167 Å². The van der Waals surface area contributed by atoms with E-state index in [9.17, 15) is 9.59 Å². The van der Waals surface area contributed by atoms with E-state index in [1.807, 2.05) is 23.6 Å². The summed E-state index contributed by atoms with van der Waals surface area (Å²) < 4.78 is 5.12. The van der Waals surface area contributed by atoms with E-state index in [1.165, 1.54) is 0 Å². The lowest BCUT2D eigenvalue weighted by Gasteiger charge is -2.47. The van der Waals surface area contributed by atoms with Gasteiger partial charge in [-0.2, -0.15) is 5.10 Å². The van der Waals surface area contributed by atoms with Crippen LogP contribution in [0.3, 0.4) is 0 Å². The van der Waals surface area contributed by atoms with Gasteiger partial charge in [0, 0.05) is 64.9 Å². The highest BCUT2D eigenvalue weighted by Crippen LogP contribution is 2.40. The molecule has 0 bridgehead atoms. The van der Waals surface area contributed by atoms with Crippen LogP contribution in [0, 0.1) is 19.3 Å². The predicted octanol–water partition coefficient (Wildman–Crippen LogP) is 2.23. The number of nitrogens with one attached hydrogen (secondary N) is 1. The molecule has 156 valence electrons. The fraction of sp³-hybridized carbons (Fsp3) is 0.762. The number of hydrogen-bond acceptors (Lipinski definition) is 4. The molecule has 7 heteroatoms. The van der Waals surface area contributed by atoms with Crippen LogP contribution in [-0.4, -0.2) is 71.7 Å². The molecule has 0 aromatic carbocycles. The smallest absolute Gasteiger partial charge is 0.222 e. The zero-order valence-corrected chi connectivity index (χ0v) is 17.6. The van der Waals surface area contributed by atoms with Crippen molar-refractivity contribution in [2.75, 3.05) is 39.9 Å². The Bertz CT molecular complexity index is 692. The molecule has 0 saturated carbocycles. The van der Waals surface area contributed by atoms with Crippen molar-refractivity contribution in [1.82, 2.24) is 20.0 Å². The Balaban J connectivity index is 1.48. The lowest BCUT2D eigenvalue weighted by Crippen LogP contribution is -2.52. The van der Waals surface area contributed by atoms with E-state index in [0.717, 1.165) is 68.8 Å². The third-order valence-corrected chi connectivity index (χ3v) is 6.63. The molecule has 2 aliphatic rings. The number of carbonyl (C=O) groups excluding carboxylic acids is 2. The van der Waals surface area contributed by atoms with Gasteiger partial charge in [-0.3, -0.25) is 14.7 Å². The van der Waals surface area contributed by atoms with Crippen LogP contribution in [0.5, 0.6) is 0 Å². The molecular formula is C21H34N4O3. The van der Waals surface area contributed by atoms with Gasteiger partial charge >= 0.3 is 0 Å². The molecule has 1 aromatic heterocycles. The second kappa shape index (κ2) is 9.07. The molecule has 1 spiro atoms. The van der Waals surface area contributed by atoms with E-state index < -0.39 is 0 Å². The molecule has 2 aliphatic heterocycles. The molecule has 2 saturated heterocycles. The SMILES string of the molecule is COCCCN1CC2(CCC1=O)CCN(C(=O)CCc1n[nH]c(C)c1C)CC2. The normalized spacial score (nSPS) is 19.5. The first-order chi connectivity index (χ1) is 13.4. The first kappa shape index (κ1) is 20.8. The number of likely N-dealkylation sites (tertiary alicyclic amines) is 2. The second-order valence-corrected chi connectivity index (χ2v) is 8.46. The minimum absolute atomic E-state index is 0.188. The Morgan fingerprint density at radius 2 is 2.00 bits per heavy atom. The average molecular weight is 391 g/mol. The number of amides is 2. The molecule has 3 rings (SSSR count). The van der Waals surface area contributed by atoms with Gasteiger partial charge in [-0.15, -0.1) is 0 Å². The van der Waals surface area contributed by atoms with Crippen LogP contribution < -0.4 is 0 Å².